The highest BCUT2D eigenvalue weighted by Gasteiger charge is 2.34. The van der Waals surface area contributed by atoms with Gasteiger partial charge in [-0.25, -0.2) is 13.9 Å². The first-order valence-corrected chi connectivity index (χ1v) is 7.32. The zero-order chi connectivity index (χ0) is 15.0. The third-order valence-corrected chi connectivity index (χ3v) is 4.20. The fraction of sp³-hybridized carbons (Fsp3) is 0.333. The van der Waals surface area contributed by atoms with Gasteiger partial charge in [-0.1, -0.05) is 12.1 Å². The number of rotatable bonds is 3. The number of nitrogens with one attached hydrogen (secondary N) is 2. The highest BCUT2D eigenvalue weighted by Crippen LogP contribution is 2.24. The molecule has 7 nitrogen and oxygen atoms in total. The Labute approximate surface area is 117 Å². The van der Waals surface area contributed by atoms with Crippen molar-refractivity contribution in [1.82, 2.24) is 10.2 Å². The molecule has 2 rings (SSSR count). The van der Waals surface area contributed by atoms with Crippen LogP contribution in [0.15, 0.2) is 34.2 Å². The molecular weight excluding hydrogens is 282 g/mol. The molecule has 1 heterocycles. The Hall–Kier alpha value is -1.93. The Balaban J connectivity index is 2.46. The summed E-state index contributed by atoms with van der Waals surface area (Å²) in [6.07, 6.45) is 0. The van der Waals surface area contributed by atoms with E-state index < -0.39 is 21.5 Å². The summed E-state index contributed by atoms with van der Waals surface area (Å²) in [4.78, 5) is 20.7. The fourth-order valence-corrected chi connectivity index (χ4v) is 3.00. The molecule has 0 saturated carbocycles. The Morgan fingerprint density at radius 1 is 1.35 bits per heavy atom. The molecule has 1 aliphatic rings. The molecule has 1 aromatic carbocycles. The summed E-state index contributed by atoms with van der Waals surface area (Å²) in [6, 6.07) is 6.46. The Morgan fingerprint density at radius 2 is 2.00 bits per heavy atom. The number of amidine groups is 1. The smallest absolute Gasteiger partial charge is 0.270 e. The molecule has 2 N–H and O–H groups in total. The number of hydrogen-bond donors (Lipinski definition) is 2. The second kappa shape index (κ2) is 4.88. The third kappa shape index (κ3) is 2.52. The van der Waals surface area contributed by atoms with E-state index in [1.165, 1.54) is 13.2 Å². The number of amides is 1. The predicted octanol–water partition coefficient (Wildman–Crippen LogP) is 0.181. The number of aliphatic imine (C=N–C) groups is 1. The van der Waals surface area contributed by atoms with Crippen molar-refractivity contribution in [2.75, 3.05) is 7.11 Å². The summed E-state index contributed by atoms with van der Waals surface area (Å²) >= 11 is 0. The minimum atomic E-state index is -3.61. The minimum absolute atomic E-state index is 0.150. The highest BCUT2D eigenvalue weighted by molar-refractivity contribution is 7.90. The van der Waals surface area contributed by atoms with Gasteiger partial charge in [0.25, 0.3) is 15.9 Å². The summed E-state index contributed by atoms with van der Waals surface area (Å²) in [7, 11) is -2.29. The van der Waals surface area contributed by atoms with Crippen LogP contribution in [0.4, 0.5) is 0 Å². The number of nitrogens with zero attached hydrogens (tertiary/aromatic N) is 1. The zero-order valence-electron chi connectivity index (χ0n) is 11.3. The maximum absolute atomic E-state index is 11.9. The number of sulfonamides is 1. The highest BCUT2D eigenvalue weighted by atomic mass is 32.2. The molecule has 0 aliphatic carbocycles. The molecule has 1 amide bonds. The number of fused-ring (bicyclic) bond motifs is 1. The van der Waals surface area contributed by atoms with Gasteiger partial charge in [0.2, 0.25) is 0 Å². The number of hydrogen-bond acceptors (Lipinski definition) is 5. The maximum Gasteiger partial charge on any atom is 0.270 e. The summed E-state index contributed by atoms with van der Waals surface area (Å²) < 4.78 is 26.2. The Morgan fingerprint density at radius 3 is 2.65 bits per heavy atom. The molecular formula is C12H15N3O4S. The van der Waals surface area contributed by atoms with Crippen LogP contribution in [-0.2, 0) is 19.7 Å². The van der Waals surface area contributed by atoms with Gasteiger partial charge in [0, 0.05) is 5.56 Å². The molecule has 0 fully saturated rings. The van der Waals surface area contributed by atoms with E-state index >= 15 is 0 Å². The van der Waals surface area contributed by atoms with Crippen LogP contribution in [0.25, 0.3) is 0 Å². The summed E-state index contributed by atoms with van der Waals surface area (Å²) in [5.41, 5.74) is 1.46. The zero-order valence-corrected chi connectivity index (χ0v) is 12.1. The summed E-state index contributed by atoms with van der Waals surface area (Å²) in [6.45, 7) is 3.12. The number of hydroxylamine groups is 1. The Bertz CT molecular complexity index is 680. The van der Waals surface area contributed by atoms with Gasteiger partial charge in [0.15, 0.2) is 0 Å². The maximum atomic E-state index is 11.9. The SMILES string of the molecule is CONC(=O)C(C)(C)N=C1NS(=O)(=O)c2ccccc21. The van der Waals surface area contributed by atoms with E-state index in [1.807, 2.05) is 0 Å². The summed E-state index contributed by atoms with van der Waals surface area (Å²) in [5, 5.41) is 0. The topological polar surface area (TPSA) is 96.9 Å². The van der Waals surface area contributed by atoms with Crippen molar-refractivity contribution in [2.45, 2.75) is 24.3 Å². The lowest BCUT2D eigenvalue weighted by Crippen LogP contribution is -2.42. The van der Waals surface area contributed by atoms with E-state index in [1.54, 1.807) is 32.0 Å². The lowest BCUT2D eigenvalue weighted by Gasteiger charge is -2.18. The van der Waals surface area contributed by atoms with Gasteiger partial charge in [0.1, 0.15) is 11.4 Å². The van der Waals surface area contributed by atoms with Crippen molar-refractivity contribution >= 4 is 21.8 Å². The van der Waals surface area contributed by atoms with Crippen molar-refractivity contribution in [3.63, 3.8) is 0 Å². The lowest BCUT2D eigenvalue weighted by atomic mass is 10.1. The van der Waals surface area contributed by atoms with Gasteiger partial charge >= 0.3 is 0 Å². The normalized spacial score (nSPS) is 18.4. The standard InChI is InChI=1S/C12H15N3O4S/c1-12(2,11(16)14-19-3)13-10-8-6-4-5-7-9(8)20(17,18)15-10/h4-7H,1-3H3,(H,13,15)(H,14,16). The van der Waals surface area contributed by atoms with Crippen LogP contribution < -0.4 is 10.2 Å². The molecule has 8 heteroatoms. The number of carbonyl (C=O) groups excluding carboxylic acids is 1. The van der Waals surface area contributed by atoms with Crippen LogP contribution in [0.3, 0.4) is 0 Å². The van der Waals surface area contributed by atoms with E-state index in [0.717, 1.165) is 0 Å². The molecule has 20 heavy (non-hydrogen) atoms. The van der Waals surface area contributed by atoms with Crippen LogP contribution in [0, 0.1) is 0 Å². The van der Waals surface area contributed by atoms with Crippen molar-refractivity contribution in [1.29, 1.82) is 0 Å². The molecule has 1 aromatic rings. The van der Waals surface area contributed by atoms with E-state index in [-0.39, 0.29) is 10.7 Å². The van der Waals surface area contributed by atoms with Gasteiger partial charge in [0.05, 0.1) is 12.0 Å². The Kier molecular flexibility index (Phi) is 3.53. The predicted molar refractivity (Wildman–Crippen MR) is 72.5 cm³/mol. The van der Waals surface area contributed by atoms with Crippen molar-refractivity contribution < 1.29 is 18.0 Å². The number of carbonyl (C=O) groups is 1. The average Bonchev–Trinajstić information content (AvgIpc) is 2.61. The minimum Gasteiger partial charge on any atom is -0.277 e. The largest absolute Gasteiger partial charge is 0.277 e. The molecule has 0 bridgehead atoms. The third-order valence-electron chi connectivity index (χ3n) is 2.80. The fourth-order valence-electron chi connectivity index (χ4n) is 1.76. The first-order chi connectivity index (χ1) is 9.28. The monoisotopic (exact) mass is 297 g/mol. The van der Waals surface area contributed by atoms with Gasteiger partial charge in [-0.15, -0.1) is 0 Å². The van der Waals surface area contributed by atoms with E-state index in [2.05, 4.69) is 20.0 Å². The second-order valence-electron chi connectivity index (χ2n) is 4.76. The van der Waals surface area contributed by atoms with Crippen LogP contribution in [0.2, 0.25) is 0 Å². The molecule has 108 valence electrons. The summed E-state index contributed by atoms with van der Waals surface area (Å²) in [5.74, 6) is -0.326. The quantitative estimate of drug-likeness (QED) is 0.778. The van der Waals surface area contributed by atoms with Crippen LogP contribution in [0.1, 0.15) is 19.4 Å². The van der Waals surface area contributed by atoms with Crippen molar-refractivity contribution in [3.05, 3.63) is 29.8 Å². The van der Waals surface area contributed by atoms with Crippen LogP contribution in [-0.4, -0.2) is 32.8 Å². The second-order valence-corrected chi connectivity index (χ2v) is 6.41. The average molecular weight is 297 g/mol. The van der Waals surface area contributed by atoms with Gasteiger partial charge in [-0.05, 0) is 26.0 Å². The van der Waals surface area contributed by atoms with Gasteiger partial charge < -0.3 is 0 Å². The van der Waals surface area contributed by atoms with Crippen molar-refractivity contribution in [2.24, 2.45) is 4.99 Å². The van der Waals surface area contributed by atoms with E-state index in [4.69, 9.17) is 0 Å². The number of benzene rings is 1. The van der Waals surface area contributed by atoms with Crippen molar-refractivity contribution in [3.8, 4) is 0 Å². The molecule has 0 atom stereocenters. The van der Waals surface area contributed by atoms with Gasteiger partial charge in [-0.3, -0.25) is 19.3 Å². The molecule has 0 aromatic heterocycles. The first kappa shape index (κ1) is 14.5. The van der Waals surface area contributed by atoms with Crippen LogP contribution >= 0.6 is 0 Å². The molecule has 0 unspecified atom stereocenters. The molecule has 0 spiro atoms. The van der Waals surface area contributed by atoms with E-state index in [0.29, 0.717) is 5.56 Å². The van der Waals surface area contributed by atoms with E-state index in [9.17, 15) is 13.2 Å². The lowest BCUT2D eigenvalue weighted by molar-refractivity contribution is -0.135. The van der Waals surface area contributed by atoms with Crippen LogP contribution in [0.5, 0.6) is 0 Å². The molecule has 1 aliphatic heterocycles. The van der Waals surface area contributed by atoms with Gasteiger partial charge in [-0.2, -0.15) is 0 Å². The first-order valence-electron chi connectivity index (χ1n) is 5.83. The molecule has 0 saturated heterocycles. The molecule has 0 radical (unpaired) electrons.